The summed E-state index contributed by atoms with van der Waals surface area (Å²) in [7, 11) is 0. The Labute approximate surface area is 291 Å². The van der Waals surface area contributed by atoms with Gasteiger partial charge in [0.1, 0.15) is 0 Å². The van der Waals surface area contributed by atoms with E-state index in [2.05, 4.69) is 168 Å². The van der Waals surface area contributed by atoms with E-state index in [0.717, 1.165) is 33.2 Å². The molecule has 3 heterocycles. The molecule has 0 N–H and O–H groups in total. The summed E-state index contributed by atoms with van der Waals surface area (Å²) in [6.07, 6.45) is 0. The molecule has 0 spiro atoms. The highest BCUT2D eigenvalue weighted by atomic mass is 32.1. The van der Waals surface area contributed by atoms with E-state index >= 15 is 0 Å². The molecule has 0 atom stereocenters. The van der Waals surface area contributed by atoms with Gasteiger partial charge < -0.3 is 0 Å². The van der Waals surface area contributed by atoms with Crippen molar-refractivity contribution in [3.8, 4) is 28.3 Å². The molecule has 0 amide bonds. The minimum atomic E-state index is 0.675. The van der Waals surface area contributed by atoms with Gasteiger partial charge in [-0.1, -0.05) is 146 Å². The summed E-state index contributed by atoms with van der Waals surface area (Å²) in [5.74, 6) is 0.675. The summed E-state index contributed by atoms with van der Waals surface area (Å²) in [4.78, 5) is 10.7. The molecule has 0 aliphatic carbocycles. The van der Waals surface area contributed by atoms with Crippen molar-refractivity contribution in [1.29, 1.82) is 0 Å². The van der Waals surface area contributed by atoms with Crippen LogP contribution in [0.1, 0.15) is 0 Å². The van der Waals surface area contributed by atoms with Crippen molar-refractivity contribution in [2.24, 2.45) is 0 Å². The average Bonchev–Trinajstić information content (AvgIpc) is 3.73. The maximum Gasteiger partial charge on any atom is 0.235 e. The van der Waals surface area contributed by atoms with Crippen LogP contribution in [0.15, 0.2) is 164 Å². The zero-order valence-electron chi connectivity index (χ0n) is 26.8. The van der Waals surface area contributed by atoms with Crippen LogP contribution >= 0.6 is 11.3 Å². The zero-order chi connectivity index (χ0) is 32.8. The Morgan fingerprint density at radius 2 is 1.12 bits per heavy atom. The Balaban J connectivity index is 1.19. The molecule has 0 saturated heterocycles. The smallest absolute Gasteiger partial charge is 0.235 e. The minimum Gasteiger partial charge on any atom is -0.277 e. The summed E-state index contributed by atoms with van der Waals surface area (Å²) >= 11 is 1.87. The van der Waals surface area contributed by atoms with E-state index in [9.17, 15) is 0 Å². The first kappa shape index (κ1) is 27.6. The van der Waals surface area contributed by atoms with Crippen LogP contribution in [-0.2, 0) is 0 Å². The maximum absolute atomic E-state index is 5.45. The molecule has 0 saturated carbocycles. The van der Waals surface area contributed by atoms with Crippen molar-refractivity contribution >= 4 is 85.8 Å². The van der Waals surface area contributed by atoms with E-state index in [1.807, 2.05) is 11.3 Å². The average molecular weight is 654 g/mol. The lowest BCUT2D eigenvalue weighted by Crippen LogP contribution is -2.03. The Morgan fingerprint density at radius 1 is 0.440 bits per heavy atom. The lowest BCUT2D eigenvalue weighted by molar-refractivity contribution is 1.02. The molecule has 50 heavy (non-hydrogen) atoms. The second-order valence-corrected chi connectivity index (χ2v) is 14.0. The lowest BCUT2D eigenvalue weighted by Gasteiger charge is -2.13. The third-order valence-electron chi connectivity index (χ3n) is 10.2. The van der Waals surface area contributed by atoms with Crippen molar-refractivity contribution in [3.63, 3.8) is 0 Å². The van der Waals surface area contributed by atoms with Gasteiger partial charge in [0.25, 0.3) is 0 Å². The van der Waals surface area contributed by atoms with Crippen LogP contribution in [0.4, 0.5) is 0 Å². The Morgan fingerprint density at radius 3 is 2.00 bits per heavy atom. The van der Waals surface area contributed by atoms with Gasteiger partial charge in [-0.25, -0.2) is 9.97 Å². The normalized spacial score (nSPS) is 12.0. The predicted octanol–water partition coefficient (Wildman–Crippen LogP) is 12.7. The van der Waals surface area contributed by atoms with Crippen LogP contribution in [0.5, 0.6) is 0 Å². The van der Waals surface area contributed by atoms with Gasteiger partial charge in [-0.2, -0.15) is 0 Å². The van der Waals surface area contributed by atoms with Gasteiger partial charge in [-0.15, -0.1) is 11.3 Å². The molecule has 11 rings (SSSR count). The molecular weight excluding hydrogens is 627 g/mol. The van der Waals surface area contributed by atoms with E-state index in [4.69, 9.17) is 9.97 Å². The minimum absolute atomic E-state index is 0.675. The number of aromatic nitrogens is 3. The van der Waals surface area contributed by atoms with E-state index in [1.165, 1.54) is 63.6 Å². The quantitative estimate of drug-likeness (QED) is 0.190. The first-order valence-electron chi connectivity index (χ1n) is 16.9. The Hall–Kier alpha value is -6.36. The van der Waals surface area contributed by atoms with Crippen molar-refractivity contribution < 1.29 is 0 Å². The number of para-hydroxylation sites is 2. The van der Waals surface area contributed by atoms with Gasteiger partial charge in [-0.3, -0.25) is 4.57 Å². The molecule has 8 aromatic carbocycles. The molecule has 0 aliphatic rings. The molecule has 0 bridgehead atoms. The number of fused-ring (bicyclic) bond motifs is 11. The third kappa shape index (κ3) is 3.97. The van der Waals surface area contributed by atoms with Crippen LogP contribution in [0.2, 0.25) is 0 Å². The van der Waals surface area contributed by atoms with Crippen LogP contribution in [0, 0.1) is 0 Å². The molecule has 0 unspecified atom stereocenters. The molecule has 4 heteroatoms. The van der Waals surface area contributed by atoms with Crippen LogP contribution < -0.4 is 0 Å². The monoisotopic (exact) mass is 653 g/mol. The molecule has 3 nitrogen and oxygen atoms in total. The second-order valence-electron chi connectivity index (χ2n) is 12.9. The fourth-order valence-corrected chi connectivity index (χ4v) is 9.18. The second kappa shape index (κ2) is 10.6. The van der Waals surface area contributed by atoms with Crippen molar-refractivity contribution in [2.75, 3.05) is 0 Å². The highest BCUT2D eigenvalue weighted by Gasteiger charge is 2.21. The summed E-state index contributed by atoms with van der Waals surface area (Å²) in [5.41, 5.74) is 7.57. The number of hydrogen-bond acceptors (Lipinski definition) is 3. The van der Waals surface area contributed by atoms with E-state index < -0.39 is 0 Å². The maximum atomic E-state index is 5.45. The third-order valence-corrected chi connectivity index (χ3v) is 11.4. The number of benzene rings is 8. The number of nitrogens with zero attached hydrogens (tertiary/aromatic N) is 3. The summed E-state index contributed by atoms with van der Waals surface area (Å²) < 4.78 is 4.89. The summed E-state index contributed by atoms with van der Waals surface area (Å²) in [6.45, 7) is 0. The van der Waals surface area contributed by atoms with Gasteiger partial charge >= 0.3 is 0 Å². The van der Waals surface area contributed by atoms with Gasteiger partial charge in [0.05, 0.1) is 22.2 Å². The number of thiophene rings is 1. The highest BCUT2D eigenvalue weighted by Crippen LogP contribution is 2.44. The largest absolute Gasteiger partial charge is 0.277 e. The molecule has 232 valence electrons. The standard InChI is InChI=1S/C46H27N3S/c1-2-12-32-28(10-1)11-9-16-33(32)29-20-22-31(23-21-29)43-38-15-3-6-17-39(38)47-46(48-43)49-40-18-7-4-13-34(40)36-26-24-30-25-27-37-35-14-5-8-19-41(35)50-45(37)42(30)44(36)49/h1-27H. The first-order chi connectivity index (χ1) is 24.8. The molecule has 11 aromatic rings. The van der Waals surface area contributed by atoms with Crippen molar-refractivity contribution in [3.05, 3.63) is 164 Å². The molecule has 0 radical (unpaired) electrons. The van der Waals surface area contributed by atoms with Gasteiger partial charge in [0, 0.05) is 47.3 Å². The number of hydrogen-bond donors (Lipinski definition) is 0. The summed E-state index contributed by atoms with van der Waals surface area (Å²) in [5, 5.41) is 11.0. The Kier molecular flexibility index (Phi) is 5.83. The van der Waals surface area contributed by atoms with E-state index in [1.54, 1.807) is 0 Å². The van der Waals surface area contributed by atoms with Crippen LogP contribution in [0.25, 0.3) is 103 Å². The molecular formula is C46H27N3S. The summed E-state index contributed by atoms with van der Waals surface area (Å²) in [6, 6.07) is 58.8. The molecule has 0 fully saturated rings. The Bertz CT molecular complexity index is 3140. The predicted molar refractivity (Wildman–Crippen MR) is 213 cm³/mol. The zero-order valence-corrected chi connectivity index (χ0v) is 27.7. The van der Waals surface area contributed by atoms with Gasteiger partial charge in [0.15, 0.2) is 0 Å². The topological polar surface area (TPSA) is 30.7 Å². The lowest BCUT2D eigenvalue weighted by atomic mass is 9.96. The van der Waals surface area contributed by atoms with Crippen molar-refractivity contribution in [2.45, 2.75) is 0 Å². The SMILES string of the molecule is c1ccc2c(-c3ccc(-c4nc(-n5c6ccccc6c6ccc7ccc8c9ccccc9sc8c7c65)nc5ccccc45)cc3)cccc2c1. The first-order valence-corrected chi connectivity index (χ1v) is 17.7. The van der Waals surface area contributed by atoms with Crippen molar-refractivity contribution in [1.82, 2.24) is 14.5 Å². The van der Waals surface area contributed by atoms with Crippen LogP contribution in [0.3, 0.4) is 0 Å². The molecule has 3 aromatic heterocycles. The van der Waals surface area contributed by atoms with E-state index in [-0.39, 0.29) is 0 Å². The number of rotatable bonds is 3. The fraction of sp³-hybridized carbons (Fsp3) is 0. The van der Waals surface area contributed by atoms with Gasteiger partial charge in [0.2, 0.25) is 5.95 Å². The van der Waals surface area contributed by atoms with Crippen LogP contribution in [-0.4, -0.2) is 14.5 Å². The highest BCUT2D eigenvalue weighted by molar-refractivity contribution is 7.26. The molecule has 0 aliphatic heterocycles. The fourth-order valence-electron chi connectivity index (χ4n) is 7.92. The van der Waals surface area contributed by atoms with Gasteiger partial charge in [-0.05, 0) is 45.5 Å². The van der Waals surface area contributed by atoms with E-state index in [0.29, 0.717) is 5.95 Å².